The predicted octanol–water partition coefficient (Wildman–Crippen LogP) is 6.29. The fraction of sp³-hybridized carbons (Fsp3) is 0. The number of aromatic nitrogens is 1. The lowest BCUT2D eigenvalue weighted by atomic mass is 10.0. The SMILES string of the molecule is O=C(NC(=S)Nc1cccc(-c2nc3ccccc3o2)c1)c1ccc(-c2ccccc2)cc1. The molecule has 5 nitrogen and oxygen atoms in total. The van der Waals surface area contributed by atoms with Crippen molar-refractivity contribution < 1.29 is 9.21 Å². The molecule has 160 valence electrons. The van der Waals surface area contributed by atoms with Crippen molar-refractivity contribution in [3.8, 4) is 22.6 Å². The van der Waals surface area contributed by atoms with Gasteiger partial charge in [0.15, 0.2) is 10.7 Å². The molecule has 33 heavy (non-hydrogen) atoms. The topological polar surface area (TPSA) is 67.2 Å². The zero-order valence-electron chi connectivity index (χ0n) is 17.5. The van der Waals surface area contributed by atoms with Crippen LogP contribution in [-0.2, 0) is 0 Å². The molecule has 0 atom stereocenters. The molecule has 0 saturated carbocycles. The monoisotopic (exact) mass is 449 g/mol. The summed E-state index contributed by atoms with van der Waals surface area (Å²) in [6, 6.07) is 32.5. The van der Waals surface area contributed by atoms with Crippen LogP contribution in [0, 0.1) is 0 Å². The summed E-state index contributed by atoms with van der Waals surface area (Å²) in [6.45, 7) is 0. The number of hydrogen-bond acceptors (Lipinski definition) is 4. The maximum atomic E-state index is 12.6. The Morgan fingerprint density at radius 1 is 0.758 bits per heavy atom. The number of nitrogens with one attached hydrogen (secondary N) is 2. The summed E-state index contributed by atoms with van der Waals surface area (Å²) >= 11 is 5.34. The van der Waals surface area contributed by atoms with Gasteiger partial charge in [-0.25, -0.2) is 4.98 Å². The Morgan fingerprint density at radius 3 is 2.24 bits per heavy atom. The van der Waals surface area contributed by atoms with E-state index in [0.717, 1.165) is 33.5 Å². The molecule has 0 unspecified atom stereocenters. The zero-order chi connectivity index (χ0) is 22.6. The molecule has 0 aliphatic carbocycles. The maximum Gasteiger partial charge on any atom is 0.257 e. The average Bonchev–Trinajstić information content (AvgIpc) is 3.29. The smallest absolute Gasteiger partial charge is 0.257 e. The summed E-state index contributed by atoms with van der Waals surface area (Å²) < 4.78 is 5.84. The molecule has 1 heterocycles. The van der Waals surface area contributed by atoms with Gasteiger partial charge in [-0.2, -0.15) is 0 Å². The van der Waals surface area contributed by atoms with E-state index < -0.39 is 0 Å². The minimum Gasteiger partial charge on any atom is -0.436 e. The fourth-order valence-electron chi connectivity index (χ4n) is 3.51. The van der Waals surface area contributed by atoms with Gasteiger partial charge in [0.2, 0.25) is 5.89 Å². The highest BCUT2D eigenvalue weighted by Gasteiger charge is 2.11. The van der Waals surface area contributed by atoms with Crippen LogP contribution in [0.5, 0.6) is 0 Å². The molecule has 0 spiro atoms. The normalized spacial score (nSPS) is 10.7. The second kappa shape index (κ2) is 9.06. The Bertz CT molecular complexity index is 1410. The van der Waals surface area contributed by atoms with E-state index in [1.54, 1.807) is 12.1 Å². The van der Waals surface area contributed by atoms with Gasteiger partial charge in [-0.1, -0.05) is 60.7 Å². The first-order valence-corrected chi connectivity index (χ1v) is 10.8. The molecule has 5 aromatic rings. The Labute approximate surface area is 196 Å². The molecule has 5 rings (SSSR count). The van der Waals surface area contributed by atoms with E-state index in [0.29, 0.717) is 11.5 Å². The Hall–Kier alpha value is -4.29. The largest absolute Gasteiger partial charge is 0.436 e. The molecule has 4 aromatic carbocycles. The lowest BCUT2D eigenvalue weighted by Gasteiger charge is -2.10. The highest BCUT2D eigenvalue weighted by molar-refractivity contribution is 7.80. The minimum atomic E-state index is -0.276. The van der Waals surface area contributed by atoms with Gasteiger partial charge < -0.3 is 9.73 Å². The third-order valence-electron chi connectivity index (χ3n) is 5.14. The molecule has 0 radical (unpaired) electrons. The van der Waals surface area contributed by atoms with E-state index in [2.05, 4.69) is 15.6 Å². The first-order chi connectivity index (χ1) is 16.2. The molecular formula is C27H19N3O2S. The summed E-state index contributed by atoms with van der Waals surface area (Å²) in [7, 11) is 0. The number of fused-ring (bicyclic) bond motifs is 1. The number of nitrogens with zero attached hydrogens (tertiary/aromatic N) is 1. The molecule has 1 aromatic heterocycles. The number of oxazole rings is 1. The van der Waals surface area contributed by atoms with Crippen LogP contribution in [0.3, 0.4) is 0 Å². The van der Waals surface area contributed by atoms with Crippen LogP contribution in [0.2, 0.25) is 0 Å². The summed E-state index contributed by atoms with van der Waals surface area (Å²) in [6.07, 6.45) is 0. The number of para-hydroxylation sites is 2. The summed E-state index contributed by atoms with van der Waals surface area (Å²) in [5.41, 5.74) is 5.73. The van der Waals surface area contributed by atoms with Crippen molar-refractivity contribution in [2.75, 3.05) is 5.32 Å². The lowest BCUT2D eigenvalue weighted by molar-refractivity contribution is 0.0977. The van der Waals surface area contributed by atoms with Gasteiger partial charge >= 0.3 is 0 Å². The van der Waals surface area contributed by atoms with E-state index in [1.165, 1.54) is 0 Å². The van der Waals surface area contributed by atoms with Crippen molar-refractivity contribution in [3.05, 3.63) is 109 Å². The van der Waals surface area contributed by atoms with Crippen LogP contribution in [-0.4, -0.2) is 16.0 Å². The number of rotatable bonds is 4. The van der Waals surface area contributed by atoms with Gasteiger partial charge in [0, 0.05) is 16.8 Å². The molecule has 0 aliphatic heterocycles. The van der Waals surface area contributed by atoms with E-state index in [1.807, 2.05) is 91.0 Å². The number of benzene rings is 4. The number of carbonyl (C=O) groups is 1. The Balaban J connectivity index is 1.25. The molecule has 0 aliphatic rings. The minimum absolute atomic E-state index is 0.210. The van der Waals surface area contributed by atoms with Crippen molar-refractivity contribution >= 4 is 40.0 Å². The Morgan fingerprint density at radius 2 is 1.45 bits per heavy atom. The molecule has 1 amide bonds. The van der Waals surface area contributed by atoms with Crippen molar-refractivity contribution in [1.29, 1.82) is 0 Å². The lowest BCUT2D eigenvalue weighted by Crippen LogP contribution is -2.34. The van der Waals surface area contributed by atoms with E-state index in [-0.39, 0.29) is 11.0 Å². The van der Waals surface area contributed by atoms with Crippen LogP contribution in [0.1, 0.15) is 10.4 Å². The van der Waals surface area contributed by atoms with E-state index in [4.69, 9.17) is 16.6 Å². The first kappa shape index (κ1) is 20.6. The Kier molecular flexibility index (Phi) is 5.66. The molecule has 2 N–H and O–H groups in total. The maximum absolute atomic E-state index is 12.6. The van der Waals surface area contributed by atoms with Gasteiger partial charge in [0.25, 0.3) is 5.91 Å². The zero-order valence-corrected chi connectivity index (χ0v) is 18.3. The summed E-state index contributed by atoms with van der Waals surface area (Å²) in [5, 5.41) is 5.99. The van der Waals surface area contributed by atoms with E-state index in [9.17, 15) is 4.79 Å². The van der Waals surface area contributed by atoms with Gasteiger partial charge in [0.05, 0.1) is 0 Å². The number of thiocarbonyl (C=S) groups is 1. The quantitative estimate of drug-likeness (QED) is 0.316. The van der Waals surface area contributed by atoms with Crippen molar-refractivity contribution in [2.45, 2.75) is 0 Å². The van der Waals surface area contributed by atoms with Gasteiger partial charge in [-0.05, 0) is 65.8 Å². The number of anilines is 1. The number of amides is 1. The molecule has 0 bridgehead atoms. The first-order valence-electron chi connectivity index (χ1n) is 10.4. The molecule has 6 heteroatoms. The highest BCUT2D eigenvalue weighted by Crippen LogP contribution is 2.26. The van der Waals surface area contributed by atoms with Crippen LogP contribution in [0.25, 0.3) is 33.7 Å². The van der Waals surface area contributed by atoms with Crippen LogP contribution in [0.4, 0.5) is 5.69 Å². The van der Waals surface area contributed by atoms with Crippen LogP contribution >= 0.6 is 12.2 Å². The fourth-order valence-corrected chi connectivity index (χ4v) is 3.72. The van der Waals surface area contributed by atoms with Gasteiger partial charge in [-0.15, -0.1) is 0 Å². The van der Waals surface area contributed by atoms with Crippen molar-refractivity contribution in [2.24, 2.45) is 0 Å². The molecule has 0 fully saturated rings. The number of hydrogen-bond donors (Lipinski definition) is 2. The van der Waals surface area contributed by atoms with Gasteiger partial charge in [0.1, 0.15) is 5.52 Å². The average molecular weight is 450 g/mol. The van der Waals surface area contributed by atoms with E-state index >= 15 is 0 Å². The highest BCUT2D eigenvalue weighted by atomic mass is 32.1. The second-order valence-corrected chi connectivity index (χ2v) is 7.83. The van der Waals surface area contributed by atoms with Crippen molar-refractivity contribution in [1.82, 2.24) is 10.3 Å². The third kappa shape index (κ3) is 4.66. The molecular weight excluding hydrogens is 430 g/mol. The van der Waals surface area contributed by atoms with Crippen LogP contribution < -0.4 is 10.6 Å². The summed E-state index contributed by atoms with van der Waals surface area (Å²) in [4.78, 5) is 17.1. The summed E-state index contributed by atoms with van der Waals surface area (Å²) in [5.74, 6) is 0.246. The predicted molar refractivity (Wildman–Crippen MR) is 135 cm³/mol. The van der Waals surface area contributed by atoms with Crippen molar-refractivity contribution in [3.63, 3.8) is 0 Å². The van der Waals surface area contributed by atoms with Gasteiger partial charge in [-0.3, -0.25) is 10.1 Å². The third-order valence-corrected chi connectivity index (χ3v) is 5.35. The van der Waals surface area contributed by atoms with Crippen LogP contribution in [0.15, 0.2) is 108 Å². The number of carbonyl (C=O) groups excluding carboxylic acids is 1. The second-order valence-electron chi connectivity index (χ2n) is 7.42. The standard InChI is InChI=1S/C27H19N3O2S/c31-25(20-15-13-19(14-16-20)18-7-2-1-3-8-18)30-27(33)28-22-10-6-9-21(17-22)26-29-23-11-4-5-12-24(23)32-26/h1-17H,(H2,28,30,31,33). The molecule has 0 saturated heterocycles.